The maximum atomic E-state index is 10.9. The summed E-state index contributed by atoms with van der Waals surface area (Å²) in [5.74, 6) is -0.965. The van der Waals surface area contributed by atoms with Crippen LogP contribution >= 0.6 is 0 Å². The fourth-order valence-corrected chi connectivity index (χ4v) is 1.02. The zero-order valence-electron chi connectivity index (χ0n) is 6.21. The summed E-state index contributed by atoms with van der Waals surface area (Å²) in [4.78, 5) is 21.7. The van der Waals surface area contributed by atoms with Crippen LogP contribution in [-0.4, -0.2) is 11.9 Å². The van der Waals surface area contributed by atoms with Gasteiger partial charge in [-0.25, -0.2) is 9.59 Å². The van der Waals surface area contributed by atoms with Crippen LogP contribution in [0.5, 0.6) is 0 Å². The van der Waals surface area contributed by atoms with Crippen LogP contribution in [0, 0.1) is 0 Å². The second kappa shape index (κ2) is 1.88. The van der Waals surface area contributed by atoms with Gasteiger partial charge in [0.15, 0.2) is 11.5 Å². The van der Waals surface area contributed by atoms with Crippen LogP contribution in [-0.2, 0) is 19.1 Å². The molecule has 5 nitrogen and oxygen atoms in total. The lowest BCUT2D eigenvalue weighted by atomic mass is 10.3. The van der Waals surface area contributed by atoms with E-state index in [0.717, 1.165) is 0 Å². The first-order valence-electron chi connectivity index (χ1n) is 3.26. The van der Waals surface area contributed by atoms with E-state index >= 15 is 0 Å². The lowest BCUT2D eigenvalue weighted by Gasteiger charge is -1.92. The van der Waals surface area contributed by atoms with Crippen molar-refractivity contribution in [2.45, 2.75) is 6.92 Å². The summed E-state index contributed by atoms with van der Waals surface area (Å²) >= 11 is 0. The van der Waals surface area contributed by atoms with Gasteiger partial charge in [0.1, 0.15) is 0 Å². The maximum Gasteiger partial charge on any atom is 0.363 e. The number of rotatable bonds is 0. The molecule has 0 saturated carbocycles. The second-order valence-corrected chi connectivity index (χ2v) is 2.48. The highest BCUT2D eigenvalue weighted by molar-refractivity contribution is 6.01. The van der Waals surface area contributed by atoms with Gasteiger partial charge < -0.3 is 15.2 Å². The van der Waals surface area contributed by atoms with E-state index in [0.29, 0.717) is 0 Å². The van der Waals surface area contributed by atoms with Crippen molar-refractivity contribution < 1.29 is 19.1 Å². The van der Waals surface area contributed by atoms with E-state index < -0.39 is 11.9 Å². The van der Waals surface area contributed by atoms with E-state index in [1.807, 2.05) is 0 Å². The first-order chi connectivity index (χ1) is 5.61. The van der Waals surface area contributed by atoms with Gasteiger partial charge in [0.2, 0.25) is 5.76 Å². The SMILES string of the molecule is CC1=C2OC(=O)C(N)=C2OC1=O. The van der Waals surface area contributed by atoms with Crippen molar-refractivity contribution in [3.8, 4) is 0 Å². The molecule has 0 bridgehead atoms. The molecule has 0 unspecified atom stereocenters. The number of fused-ring (bicyclic) bond motifs is 1. The maximum absolute atomic E-state index is 10.9. The number of nitrogens with two attached hydrogens (primary N) is 1. The Kier molecular flexibility index (Phi) is 1.08. The van der Waals surface area contributed by atoms with Crippen LogP contribution < -0.4 is 5.73 Å². The van der Waals surface area contributed by atoms with Gasteiger partial charge in [0, 0.05) is 0 Å². The van der Waals surface area contributed by atoms with Crippen molar-refractivity contribution in [3.63, 3.8) is 0 Å². The lowest BCUT2D eigenvalue weighted by molar-refractivity contribution is -0.133. The van der Waals surface area contributed by atoms with Crippen molar-refractivity contribution in [1.29, 1.82) is 0 Å². The Morgan fingerprint density at radius 1 is 1.08 bits per heavy atom. The standard InChI is InChI=1S/C7H5NO4/c1-2-4-5(12-6(2)9)3(8)7(10)11-4/h8H2,1H3. The van der Waals surface area contributed by atoms with Crippen LogP contribution in [0.2, 0.25) is 0 Å². The topological polar surface area (TPSA) is 78.6 Å². The number of hydrogen-bond donors (Lipinski definition) is 1. The van der Waals surface area contributed by atoms with E-state index in [2.05, 4.69) is 9.47 Å². The Bertz CT molecular complexity index is 328. The number of esters is 2. The highest BCUT2D eigenvalue weighted by Gasteiger charge is 2.39. The van der Waals surface area contributed by atoms with Gasteiger partial charge in [-0.15, -0.1) is 0 Å². The molecule has 0 atom stereocenters. The summed E-state index contributed by atoms with van der Waals surface area (Å²) in [6.45, 7) is 1.51. The molecule has 2 rings (SSSR count). The van der Waals surface area contributed by atoms with Crippen LogP contribution in [0.4, 0.5) is 0 Å². The lowest BCUT2D eigenvalue weighted by Crippen LogP contribution is -2.10. The van der Waals surface area contributed by atoms with Crippen LogP contribution in [0.25, 0.3) is 0 Å². The van der Waals surface area contributed by atoms with Gasteiger partial charge >= 0.3 is 11.9 Å². The summed E-state index contributed by atoms with van der Waals surface area (Å²) in [7, 11) is 0. The van der Waals surface area contributed by atoms with Crippen molar-refractivity contribution in [1.82, 2.24) is 0 Å². The molecule has 0 spiro atoms. The molecule has 0 amide bonds. The Balaban J connectivity index is 2.59. The van der Waals surface area contributed by atoms with Crippen LogP contribution in [0.3, 0.4) is 0 Å². The van der Waals surface area contributed by atoms with E-state index in [9.17, 15) is 9.59 Å². The summed E-state index contributed by atoms with van der Waals surface area (Å²) < 4.78 is 9.35. The smallest absolute Gasteiger partial charge is 0.363 e. The number of carbonyl (C=O) groups excluding carboxylic acids is 2. The Labute approximate surface area is 67.4 Å². The molecule has 0 saturated heterocycles. The molecule has 0 aromatic carbocycles. The predicted octanol–water partition coefficient (Wildman–Crippen LogP) is -0.456. The summed E-state index contributed by atoms with van der Waals surface area (Å²) in [5, 5.41) is 0. The third-order valence-electron chi connectivity index (χ3n) is 1.71. The third-order valence-corrected chi connectivity index (χ3v) is 1.71. The second-order valence-electron chi connectivity index (χ2n) is 2.48. The van der Waals surface area contributed by atoms with Gasteiger partial charge in [0.25, 0.3) is 0 Å². The number of hydrogen-bond acceptors (Lipinski definition) is 5. The van der Waals surface area contributed by atoms with Crippen molar-refractivity contribution in [2.75, 3.05) is 0 Å². The molecular weight excluding hydrogens is 162 g/mol. The number of carbonyl (C=O) groups is 2. The highest BCUT2D eigenvalue weighted by Crippen LogP contribution is 2.33. The van der Waals surface area contributed by atoms with Crippen molar-refractivity contribution >= 4 is 11.9 Å². The molecule has 5 heteroatoms. The minimum atomic E-state index is -0.660. The van der Waals surface area contributed by atoms with Gasteiger partial charge in [0.05, 0.1) is 5.57 Å². The minimum absolute atomic E-state index is 0.0579. The number of ether oxygens (including phenoxy) is 2. The molecular formula is C7H5NO4. The van der Waals surface area contributed by atoms with Crippen molar-refractivity contribution in [2.24, 2.45) is 5.73 Å². The van der Waals surface area contributed by atoms with E-state index in [1.54, 1.807) is 0 Å². The van der Waals surface area contributed by atoms with E-state index in [1.165, 1.54) is 6.92 Å². The molecule has 2 aliphatic rings. The molecule has 62 valence electrons. The molecule has 2 heterocycles. The van der Waals surface area contributed by atoms with Crippen LogP contribution in [0.15, 0.2) is 22.8 Å². The van der Waals surface area contributed by atoms with E-state index in [4.69, 9.17) is 5.73 Å². The first kappa shape index (κ1) is 6.90. The molecule has 0 fully saturated rings. The largest absolute Gasteiger partial charge is 0.417 e. The first-order valence-corrected chi connectivity index (χ1v) is 3.26. The average molecular weight is 167 g/mol. The minimum Gasteiger partial charge on any atom is -0.417 e. The Hall–Kier alpha value is -1.78. The van der Waals surface area contributed by atoms with Gasteiger partial charge in [-0.3, -0.25) is 0 Å². The summed E-state index contributed by atoms with van der Waals surface area (Å²) in [5.41, 5.74) is 5.41. The monoisotopic (exact) mass is 167 g/mol. The van der Waals surface area contributed by atoms with Crippen molar-refractivity contribution in [3.05, 3.63) is 22.8 Å². The Morgan fingerprint density at radius 2 is 1.67 bits per heavy atom. The van der Waals surface area contributed by atoms with Gasteiger partial charge in [-0.2, -0.15) is 0 Å². The zero-order chi connectivity index (χ0) is 8.88. The van der Waals surface area contributed by atoms with E-state index in [-0.39, 0.29) is 22.8 Å². The van der Waals surface area contributed by atoms with Gasteiger partial charge in [-0.05, 0) is 6.92 Å². The molecule has 0 aliphatic carbocycles. The summed E-state index contributed by atoms with van der Waals surface area (Å²) in [6, 6.07) is 0. The molecule has 2 N–H and O–H groups in total. The normalized spacial score (nSPS) is 21.4. The quantitative estimate of drug-likeness (QED) is 0.494. The molecule has 0 radical (unpaired) electrons. The molecule has 0 aromatic heterocycles. The zero-order valence-corrected chi connectivity index (χ0v) is 6.21. The van der Waals surface area contributed by atoms with Gasteiger partial charge in [-0.1, -0.05) is 0 Å². The molecule has 0 aromatic rings. The highest BCUT2D eigenvalue weighted by atomic mass is 16.6. The third kappa shape index (κ3) is 0.623. The molecule has 2 aliphatic heterocycles. The average Bonchev–Trinajstić information content (AvgIpc) is 2.43. The Morgan fingerprint density at radius 3 is 2.25 bits per heavy atom. The fourth-order valence-electron chi connectivity index (χ4n) is 1.02. The predicted molar refractivity (Wildman–Crippen MR) is 36.1 cm³/mol. The van der Waals surface area contributed by atoms with Crippen LogP contribution in [0.1, 0.15) is 6.92 Å². The molecule has 12 heavy (non-hydrogen) atoms. The summed E-state index contributed by atoms with van der Waals surface area (Å²) in [6.07, 6.45) is 0. The fraction of sp³-hybridized carbons (Fsp3) is 0.143.